The molecule has 0 spiro atoms. The number of anilines is 1. The van der Waals surface area contributed by atoms with Crippen molar-refractivity contribution < 1.29 is 9.63 Å². The Balaban J connectivity index is 1.79. The van der Waals surface area contributed by atoms with Crippen LogP contribution in [0, 0.1) is 11.3 Å². The molecule has 1 heterocycles. The number of pyridine rings is 1. The van der Waals surface area contributed by atoms with Crippen molar-refractivity contribution in [3.63, 3.8) is 0 Å². The summed E-state index contributed by atoms with van der Waals surface area (Å²) in [5, 5.41) is 12.2. The van der Waals surface area contributed by atoms with Gasteiger partial charge in [0.1, 0.15) is 18.2 Å². The minimum absolute atomic E-state index is 0.101. The van der Waals surface area contributed by atoms with Gasteiger partial charge in [-0.25, -0.2) is 0 Å². The average molecular weight is 380 g/mol. The number of carbonyl (C=O) groups excluding carboxylic acids is 1. The fraction of sp³-hybridized carbons (Fsp3) is 0.0500. The fourth-order valence-electron chi connectivity index (χ4n) is 2.40. The zero-order valence-electron chi connectivity index (χ0n) is 14.1. The van der Waals surface area contributed by atoms with E-state index in [1.807, 2.05) is 12.1 Å². The van der Waals surface area contributed by atoms with Gasteiger partial charge in [-0.2, -0.15) is 9.99 Å². The molecule has 0 fully saturated rings. The topological polar surface area (TPSA) is 84.1 Å². The molecule has 3 rings (SSSR count). The summed E-state index contributed by atoms with van der Waals surface area (Å²) in [5.41, 5.74) is 0.717. The molecule has 1 aromatic heterocycles. The first-order chi connectivity index (χ1) is 13.1. The minimum atomic E-state index is -0.622. The highest BCUT2D eigenvalue weighted by Gasteiger charge is 2.14. The lowest BCUT2D eigenvalue weighted by Gasteiger charge is -2.11. The Bertz CT molecular complexity index is 1090. The van der Waals surface area contributed by atoms with E-state index in [4.69, 9.17) is 21.7 Å². The number of halogens is 1. The quantitative estimate of drug-likeness (QED) is 0.737. The minimum Gasteiger partial charge on any atom is -0.406 e. The number of nitrogens with one attached hydrogen (secondary N) is 1. The molecule has 0 atom stereocenters. The van der Waals surface area contributed by atoms with Crippen LogP contribution in [0.5, 0.6) is 0 Å². The van der Waals surface area contributed by atoms with E-state index >= 15 is 0 Å². The lowest BCUT2D eigenvalue weighted by atomic mass is 10.2. The molecule has 1 amide bonds. The maximum Gasteiger partial charge on any atom is 0.295 e. The Morgan fingerprint density at radius 3 is 2.74 bits per heavy atom. The van der Waals surface area contributed by atoms with Crippen molar-refractivity contribution in [3.8, 4) is 6.07 Å². The van der Waals surface area contributed by atoms with Crippen LogP contribution in [-0.4, -0.2) is 10.6 Å². The molecule has 0 aliphatic rings. The van der Waals surface area contributed by atoms with E-state index in [1.165, 1.54) is 18.3 Å². The molecular formula is C20H14ClN3O3. The zero-order chi connectivity index (χ0) is 19.2. The van der Waals surface area contributed by atoms with Gasteiger partial charge in [0.25, 0.3) is 11.5 Å². The monoisotopic (exact) mass is 379 g/mol. The van der Waals surface area contributed by atoms with Crippen LogP contribution in [0.2, 0.25) is 5.02 Å². The Morgan fingerprint density at radius 1 is 1.15 bits per heavy atom. The number of nitriles is 1. The summed E-state index contributed by atoms with van der Waals surface area (Å²) in [6.07, 6.45) is 1.42. The van der Waals surface area contributed by atoms with E-state index in [1.54, 1.807) is 42.5 Å². The van der Waals surface area contributed by atoms with Gasteiger partial charge in [-0.3, -0.25) is 9.59 Å². The van der Waals surface area contributed by atoms with E-state index in [2.05, 4.69) is 5.32 Å². The van der Waals surface area contributed by atoms with Crippen molar-refractivity contribution in [2.24, 2.45) is 0 Å². The normalized spacial score (nSPS) is 10.1. The number of rotatable bonds is 5. The molecule has 134 valence electrons. The van der Waals surface area contributed by atoms with Gasteiger partial charge in [-0.1, -0.05) is 35.9 Å². The second-order valence-electron chi connectivity index (χ2n) is 5.57. The highest BCUT2D eigenvalue weighted by atomic mass is 35.5. The molecule has 6 nitrogen and oxygen atoms in total. The van der Waals surface area contributed by atoms with Crippen molar-refractivity contribution >= 4 is 23.2 Å². The third-order valence-corrected chi connectivity index (χ3v) is 3.95. The largest absolute Gasteiger partial charge is 0.406 e. The molecule has 0 aliphatic heterocycles. The number of nitrogens with zero attached hydrogens (tertiary/aromatic N) is 2. The molecule has 7 heteroatoms. The van der Waals surface area contributed by atoms with Crippen LogP contribution in [0.25, 0.3) is 0 Å². The lowest BCUT2D eigenvalue weighted by Crippen LogP contribution is -2.32. The van der Waals surface area contributed by atoms with Gasteiger partial charge in [-0.15, -0.1) is 0 Å². The van der Waals surface area contributed by atoms with Crippen LogP contribution in [0.15, 0.2) is 71.7 Å². The van der Waals surface area contributed by atoms with E-state index in [0.29, 0.717) is 16.3 Å². The Kier molecular flexibility index (Phi) is 5.55. The van der Waals surface area contributed by atoms with Crippen LogP contribution >= 0.6 is 11.6 Å². The Labute approximate surface area is 160 Å². The van der Waals surface area contributed by atoms with E-state index in [9.17, 15) is 9.59 Å². The molecule has 0 radical (unpaired) electrons. The van der Waals surface area contributed by atoms with Crippen LogP contribution < -0.4 is 15.7 Å². The molecule has 0 bridgehead atoms. The maximum atomic E-state index is 12.5. The summed E-state index contributed by atoms with van der Waals surface area (Å²) in [4.78, 5) is 30.5. The third kappa shape index (κ3) is 4.35. The lowest BCUT2D eigenvalue weighted by molar-refractivity contribution is 0.0863. The molecule has 1 N–H and O–H groups in total. The highest BCUT2D eigenvalue weighted by Crippen LogP contribution is 2.14. The van der Waals surface area contributed by atoms with Crippen molar-refractivity contribution in [2.75, 3.05) is 5.32 Å². The van der Waals surface area contributed by atoms with E-state index in [-0.39, 0.29) is 12.2 Å². The fourth-order valence-corrected chi connectivity index (χ4v) is 2.61. The van der Waals surface area contributed by atoms with Crippen molar-refractivity contribution in [1.29, 1.82) is 5.26 Å². The predicted octanol–water partition coefficient (Wildman–Crippen LogP) is 3.25. The standard InChI is InChI=1S/C20H14ClN3O3/c21-16-7-3-5-14(11-16)13-27-24-10-4-8-17(20(24)26)19(25)23-18-9-2-1-6-15(18)12-22/h1-11H,13H2,(H,23,25). The summed E-state index contributed by atoms with van der Waals surface area (Å²) < 4.78 is 0.992. The molecule has 27 heavy (non-hydrogen) atoms. The van der Waals surface area contributed by atoms with Gasteiger partial charge in [0.05, 0.1) is 11.3 Å². The Morgan fingerprint density at radius 2 is 1.96 bits per heavy atom. The van der Waals surface area contributed by atoms with Crippen LogP contribution in [0.4, 0.5) is 5.69 Å². The SMILES string of the molecule is N#Cc1ccccc1NC(=O)c1cccn(OCc2cccc(Cl)c2)c1=O. The molecule has 0 saturated carbocycles. The first-order valence-corrected chi connectivity index (χ1v) is 8.36. The first kappa shape index (κ1) is 18.2. The number of benzene rings is 2. The average Bonchev–Trinajstić information content (AvgIpc) is 2.67. The summed E-state index contributed by atoms with van der Waals surface area (Å²) in [5.74, 6) is -0.622. The number of amides is 1. The van der Waals surface area contributed by atoms with Crippen LogP contribution in [0.3, 0.4) is 0 Å². The van der Waals surface area contributed by atoms with Gasteiger partial charge in [-0.05, 0) is 42.0 Å². The number of hydrogen-bond acceptors (Lipinski definition) is 4. The third-order valence-electron chi connectivity index (χ3n) is 3.71. The smallest absolute Gasteiger partial charge is 0.295 e. The number of para-hydroxylation sites is 1. The number of aromatic nitrogens is 1. The van der Waals surface area contributed by atoms with Crippen molar-refractivity contribution in [1.82, 2.24) is 4.73 Å². The van der Waals surface area contributed by atoms with Gasteiger partial charge in [0.15, 0.2) is 0 Å². The van der Waals surface area contributed by atoms with Gasteiger partial charge in [0, 0.05) is 11.2 Å². The van der Waals surface area contributed by atoms with Gasteiger partial charge in [0.2, 0.25) is 0 Å². The number of carbonyl (C=O) groups is 1. The predicted molar refractivity (Wildman–Crippen MR) is 102 cm³/mol. The molecule has 0 aliphatic carbocycles. The number of hydrogen-bond donors (Lipinski definition) is 1. The molecule has 0 unspecified atom stereocenters. The highest BCUT2D eigenvalue weighted by molar-refractivity contribution is 6.30. The first-order valence-electron chi connectivity index (χ1n) is 7.98. The van der Waals surface area contributed by atoms with Crippen molar-refractivity contribution in [2.45, 2.75) is 6.61 Å². The van der Waals surface area contributed by atoms with Gasteiger partial charge < -0.3 is 10.2 Å². The second kappa shape index (κ2) is 8.21. The summed E-state index contributed by atoms with van der Waals surface area (Å²) in [6.45, 7) is 0.114. The molecular weight excluding hydrogens is 366 g/mol. The summed E-state index contributed by atoms with van der Waals surface area (Å²) in [6, 6.07) is 18.5. The van der Waals surface area contributed by atoms with E-state index < -0.39 is 11.5 Å². The molecule has 2 aromatic carbocycles. The summed E-state index contributed by atoms with van der Waals surface area (Å²) >= 11 is 5.93. The van der Waals surface area contributed by atoms with Crippen molar-refractivity contribution in [3.05, 3.63) is 98.9 Å². The Hall–Kier alpha value is -3.56. The summed E-state index contributed by atoms with van der Waals surface area (Å²) in [7, 11) is 0. The maximum absolute atomic E-state index is 12.5. The van der Waals surface area contributed by atoms with E-state index in [0.717, 1.165) is 10.3 Å². The molecule has 0 saturated heterocycles. The van der Waals surface area contributed by atoms with Crippen LogP contribution in [-0.2, 0) is 6.61 Å². The van der Waals surface area contributed by atoms with Crippen LogP contribution in [0.1, 0.15) is 21.5 Å². The second-order valence-corrected chi connectivity index (χ2v) is 6.00. The zero-order valence-corrected chi connectivity index (χ0v) is 14.8. The van der Waals surface area contributed by atoms with Gasteiger partial charge >= 0.3 is 0 Å². The molecule has 3 aromatic rings.